The molecule has 0 aliphatic rings. The van der Waals surface area contributed by atoms with Crippen LogP contribution in [0.3, 0.4) is 0 Å². The van der Waals surface area contributed by atoms with E-state index >= 15 is 0 Å². The Bertz CT molecular complexity index is 448. The average molecular weight is 246 g/mol. The van der Waals surface area contributed by atoms with Crippen LogP contribution in [0.25, 0.3) is 0 Å². The zero-order valence-electron chi connectivity index (χ0n) is 8.98. The molecule has 0 aromatic heterocycles. The molecule has 0 fully saturated rings. The Morgan fingerprint density at radius 3 is 2.62 bits per heavy atom. The molecule has 0 bridgehead atoms. The van der Waals surface area contributed by atoms with Crippen molar-refractivity contribution < 1.29 is 12.8 Å². The van der Waals surface area contributed by atoms with E-state index in [9.17, 15) is 12.8 Å². The second-order valence-electron chi connectivity index (χ2n) is 3.56. The first-order chi connectivity index (χ1) is 7.40. The van der Waals surface area contributed by atoms with E-state index in [2.05, 4.69) is 5.32 Å². The molecular weight excluding hydrogens is 231 g/mol. The highest BCUT2D eigenvalue weighted by Gasteiger charge is 2.10. The number of rotatable bonds is 5. The van der Waals surface area contributed by atoms with Gasteiger partial charge in [0.25, 0.3) is 0 Å². The zero-order chi connectivity index (χ0) is 12.2. The van der Waals surface area contributed by atoms with E-state index in [0.717, 1.165) is 0 Å². The summed E-state index contributed by atoms with van der Waals surface area (Å²) in [6, 6.07) is 6.12. The van der Waals surface area contributed by atoms with Gasteiger partial charge < -0.3 is 5.32 Å². The molecule has 3 N–H and O–H groups in total. The van der Waals surface area contributed by atoms with Gasteiger partial charge in [-0.25, -0.2) is 17.9 Å². The first-order valence-corrected chi connectivity index (χ1v) is 6.60. The molecule has 0 radical (unpaired) electrons. The third kappa shape index (κ3) is 4.26. The van der Waals surface area contributed by atoms with Crippen LogP contribution >= 0.6 is 0 Å². The van der Waals surface area contributed by atoms with Gasteiger partial charge in [0, 0.05) is 18.2 Å². The van der Waals surface area contributed by atoms with Crippen molar-refractivity contribution in [1.82, 2.24) is 5.32 Å². The number of hydrogen-bond donors (Lipinski definition) is 2. The third-order valence-corrected chi connectivity index (χ3v) is 2.98. The van der Waals surface area contributed by atoms with Gasteiger partial charge in [-0.1, -0.05) is 18.2 Å². The van der Waals surface area contributed by atoms with Crippen LogP contribution in [-0.4, -0.2) is 20.7 Å². The smallest absolute Gasteiger partial charge is 0.210 e. The van der Waals surface area contributed by atoms with Crippen molar-refractivity contribution in [1.29, 1.82) is 0 Å². The van der Waals surface area contributed by atoms with Gasteiger partial charge in [-0.15, -0.1) is 0 Å². The summed E-state index contributed by atoms with van der Waals surface area (Å²) in [7, 11) is -3.47. The van der Waals surface area contributed by atoms with Gasteiger partial charge in [-0.2, -0.15) is 0 Å². The van der Waals surface area contributed by atoms with Gasteiger partial charge in [-0.3, -0.25) is 0 Å². The molecule has 0 heterocycles. The maximum atomic E-state index is 13.3. The molecule has 1 rings (SSSR count). The lowest BCUT2D eigenvalue weighted by molar-refractivity contribution is 0.537. The van der Waals surface area contributed by atoms with Crippen molar-refractivity contribution in [2.75, 3.05) is 12.3 Å². The van der Waals surface area contributed by atoms with E-state index < -0.39 is 10.0 Å². The van der Waals surface area contributed by atoms with E-state index in [1.165, 1.54) is 6.07 Å². The third-order valence-electron chi connectivity index (χ3n) is 2.21. The molecule has 0 amide bonds. The zero-order valence-corrected chi connectivity index (χ0v) is 9.80. The Morgan fingerprint density at radius 1 is 1.44 bits per heavy atom. The molecule has 1 aromatic carbocycles. The Hall–Kier alpha value is -0.980. The lowest BCUT2D eigenvalue weighted by atomic mass is 10.1. The van der Waals surface area contributed by atoms with Crippen molar-refractivity contribution in [2.24, 2.45) is 5.14 Å². The number of halogens is 1. The quantitative estimate of drug-likeness (QED) is 0.806. The molecule has 90 valence electrons. The van der Waals surface area contributed by atoms with Crippen molar-refractivity contribution >= 4 is 10.0 Å². The first kappa shape index (κ1) is 13.1. The Morgan fingerprint density at radius 2 is 2.06 bits per heavy atom. The summed E-state index contributed by atoms with van der Waals surface area (Å²) in [6.45, 7) is 1.97. The predicted molar refractivity (Wildman–Crippen MR) is 60.8 cm³/mol. The molecule has 0 saturated carbocycles. The molecule has 4 nitrogen and oxygen atoms in total. The van der Waals surface area contributed by atoms with Crippen LogP contribution in [0.15, 0.2) is 24.3 Å². The summed E-state index contributed by atoms with van der Waals surface area (Å²) in [6.07, 6.45) is 0. The fourth-order valence-corrected chi connectivity index (χ4v) is 1.76. The number of sulfonamides is 1. The van der Waals surface area contributed by atoms with Crippen LogP contribution in [0.1, 0.15) is 18.5 Å². The van der Waals surface area contributed by atoms with Gasteiger partial charge in [0.1, 0.15) is 5.82 Å². The number of benzene rings is 1. The molecule has 1 aromatic rings. The molecule has 0 saturated heterocycles. The predicted octanol–water partition coefficient (Wildman–Crippen LogP) is 0.765. The minimum atomic E-state index is -3.47. The first-order valence-electron chi connectivity index (χ1n) is 4.88. The minimum absolute atomic E-state index is 0.161. The van der Waals surface area contributed by atoms with Crippen molar-refractivity contribution in [3.63, 3.8) is 0 Å². The maximum Gasteiger partial charge on any atom is 0.210 e. The summed E-state index contributed by atoms with van der Waals surface area (Å²) in [5.74, 6) is -0.468. The summed E-state index contributed by atoms with van der Waals surface area (Å²) in [4.78, 5) is 0. The van der Waals surface area contributed by atoms with E-state index in [1.807, 2.05) is 0 Å². The van der Waals surface area contributed by atoms with Gasteiger partial charge in [-0.05, 0) is 13.0 Å². The minimum Gasteiger partial charge on any atom is -0.309 e. The summed E-state index contributed by atoms with van der Waals surface area (Å²) in [5, 5.41) is 7.75. The Labute approximate surface area is 94.7 Å². The topological polar surface area (TPSA) is 72.2 Å². The molecule has 0 aliphatic carbocycles. The van der Waals surface area contributed by atoms with Crippen molar-refractivity contribution in [3.05, 3.63) is 35.6 Å². The van der Waals surface area contributed by atoms with E-state index in [0.29, 0.717) is 5.56 Å². The summed E-state index contributed by atoms with van der Waals surface area (Å²) < 4.78 is 34.7. The standard InChI is InChI=1S/C10H15FN2O2S/c1-8(13-6-7-16(12,14)15)9-4-2-3-5-10(9)11/h2-5,8,13H,6-7H2,1H3,(H2,12,14,15). The van der Waals surface area contributed by atoms with Gasteiger partial charge in [0.05, 0.1) is 5.75 Å². The lowest BCUT2D eigenvalue weighted by Crippen LogP contribution is -2.29. The fourth-order valence-electron chi connectivity index (χ4n) is 1.35. The summed E-state index contributed by atoms with van der Waals surface area (Å²) >= 11 is 0. The fraction of sp³-hybridized carbons (Fsp3) is 0.400. The lowest BCUT2D eigenvalue weighted by Gasteiger charge is -2.14. The molecule has 16 heavy (non-hydrogen) atoms. The highest BCUT2D eigenvalue weighted by Crippen LogP contribution is 2.15. The van der Waals surface area contributed by atoms with Crippen molar-refractivity contribution in [2.45, 2.75) is 13.0 Å². The van der Waals surface area contributed by atoms with Gasteiger partial charge in [0.2, 0.25) is 10.0 Å². The Kier molecular flexibility index (Phi) is 4.40. The van der Waals surface area contributed by atoms with E-state index in [1.54, 1.807) is 25.1 Å². The van der Waals surface area contributed by atoms with Gasteiger partial charge >= 0.3 is 0 Å². The normalized spacial score (nSPS) is 13.7. The molecular formula is C10H15FN2O2S. The van der Waals surface area contributed by atoms with Crippen LogP contribution in [0.2, 0.25) is 0 Å². The molecule has 1 unspecified atom stereocenters. The number of nitrogens with two attached hydrogens (primary N) is 1. The maximum absolute atomic E-state index is 13.3. The largest absolute Gasteiger partial charge is 0.309 e. The number of nitrogens with one attached hydrogen (secondary N) is 1. The van der Waals surface area contributed by atoms with E-state index in [-0.39, 0.29) is 24.2 Å². The SMILES string of the molecule is CC(NCCS(N)(=O)=O)c1ccccc1F. The molecule has 0 spiro atoms. The molecule has 1 atom stereocenters. The monoisotopic (exact) mass is 246 g/mol. The van der Waals surface area contributed by atoms with Crippen LogP contribution in [0, 0.1) is 5.82 Å². The van der Waals surface area contributed by atoms with E-state index in [4.69, 9.17) is 5.14 Å². The molecule has 0 aliphatic heterocycles. The van der Waals surface area contributed by atoms with Crippen LogP contribution in [0.4, 0.5) is 4.39 Å². The second-order valence-corrected chi connectivity index (χ2v) is 5.30. The van der Waals surface area contributed by atoms with Crippen molar-refractivity contribution in [3.8, 4) is 0 Å². The van der Waals surface area contributed by atoms with Gasteiger partial charge in [0.15, 0.2) is 0 Å². The average Bonchev–Trinajstić information content (AvgIpc) is 2.16. The molecule has 6 heteroatoms. The van der Waals surface area contributed by atoms with Crippen LogP contribution < -0.4 is 10.5 Å². The highest BCUT2D eigenvalue weighted by molar-refractivity contribution is 7.89. The number of hydrogen-bond acceptors (Lipinski definition) is 3. The number of primary sulfonamides is 1. The summed E-state index contributed by atoms with van der Waals surface area (Å²) in [5.41, 5.74) is 0.511. The van der Waals surface area contributed by atoms with Crippen LogP contribution in [-0.2, 0) is 10.0 Å². The Balaban J connectivity index is 2.54. The highest BCUT2D eigenvalue weighted by atomic mass is 32.2. The second kappa shape index (κ2) is 5.38. The van der Waals surface area contributed by atoms with Crippen LogP contribution in [0.5, 0.6) is 0 Å².